The highest BCUT2D eigenvalue weighted by atomic mass is 35.5. The Bertz CT molecular complexity index is 864. The van der Waals surface area contributed by atoms with Crippen LogP contribution < -0.4 is 0 Å². The summed E-state index contributed by atoms with van der Waals surface area (Å²) in [4.78, 5) is 26.5. The number of amides is 1. The van der Waals surface area contributed by atoms with E-state index in [1.807, 2.05) is 63.2 Å². The fraction of sp³-hybridized carbons (Fsp3) is 0.333. The summed E-state index contributed by atoms with van der Waals surface area (Å²) in [5, 5.41) is 0.601. The molecule has 0 heterocycles. The van der Waals surface area contributed by atoms with Gasteiger partial charge in [-0.05, 0) is 50.0 Å². The number of carbonyl (C=O) groups is 2. The Morgan fingerprint density at radius 3 is 2.28 bits per heavy atom. The van der Waals surface area contributed by atoms with Crippen LogP contribution in [0.2, 0.25) is 5.02 Å². The van der Waals surface area contributed by atoms with Crippen LogP contribution in [0.5, 0.6) is 0 Å². The number of nitrogens with zero attached hydrogens (tertiary/aromatic N) is 1. The second-order valence-electron chi connectivity index (χ2n) is 7.87. The van der Waals surface area contributed by atoms with Gasteiger partial charge in [0.15, 0.2) is 0 Å². The van der Waals surface area contributed by atoms with Gasteiger partial charge in [0.25, 0.3) is 0 Å². The van der Waals surface area contributed by atoms with Crippen LogP contribution in [0.4, 0.5) is 4.79 Å². The van der Waals surface area contributed by atoms with Gasteiger partial charge in [0, 0.05) is 30.5 Å². The average Bonchev–Trinajstić information content (AvgIpc) is 2.66. The Hall–Kier alpha value is -2.77. The molecule has 4 nitrogen and oxygen atoms in total. The first kappa shape index (κ1) is 22.5. The van der Waals surface area contributed by atoms with Crippen molar-refractivity contribution in [3.8, 4) is 12.3 Å². The summed E-state index contributed by atoms with van der Waals surface area (Å²) in [6.45, 7) is 6.13. The summed E-state index contributed by atoms with van der Waals surface area (Å²) in [6.07, 6.45) is 4.99. The Labute approximate surface area is 177 Å². The summed E-state index contributed by atoms with van der Waals surface area (Å²) in [6, 6.07) is 16.9. The zero-order valence-corrected chi connectivity index (χ0v) is 17.8. The molecule has 29 heavy (non-hydrogen) atoms. The lowest BCUT2D eigenvalue weighted by Crippen LogP contribution is -2.39. The predicted molar refractivity (Wildman–Crippen MR) is 116 cm³/mol. The van der Waals surface area contributed by atoms with Crippen LogP contribution in [0.25, 0.3) is 0 Å². The van der Waals surface area contributed by atoms with Crippen LogP contribution in [-0.2, 0) is 16.1 Å². The number of rotatable bonds is 7. The minimum absolute atomic E-state index is 0.131. The molecule has 0 radical (unpaired) electrons. The first-order valence-corrected chi connectivity index (χ1v) is 9.82. The van der Waals surface area contributed by atoms with Crippen LogP contribution in [-0.4, -0.2) is 28.9 Å². The second kappa shape index (κ2) is 10.1. The predicted octanol–water partition coefficient (Wildman–Crippen LogP) is 5.45. The molecule has 0 saturated carbocycles. The molecule has 0 aliphatic heterocycles. The third-order valence-electron chi connectivity index (χ3n) is 4.24. The molecule has 152 valence electrons. The lowest BCUT2D eigenvalue weighted by atomic mass is 9.93. The van der Waals surface area contributed by atoms with Gasteiger partial charge in [-0.15, -0.1) is 6.42 Å². The molecule has 2 rings (SSSR count). The zero-order valence-electron chi connectivity index (χ0n) is 17.0. The van der Waals surface area contributed by atoms with E-state index < -0.39 is 11.7 Å². The highest BCUT2D eigenvalue weighted by Crippen LogP contribution is 2.25. The van der Waals surface area contributed by atoms with Gasteiger partial charge in [0.1, 0.15) is 5.60 Å². The van der Waals surface area contributed by atoms with Crippen molar-refractivity contribution in [1.82, 2.24) is 4.90 Å². The first-order chi connectivity index (χ1) is 13.7. The highest BCUT2D eigenvalue weighted by Gasteiger charge is 2.26. The van der Waals surface area contributed by atoms with E-state index in [4.69, 9.17) is 22.8 Å². The van der Waals surface area contributed by atoms with Crippen molar-refractivity contribution in [2.24, 2.45) is 0 Å². The van der Waals surface area contributed by atoms with Crippen LogP contribution in [0.1, 0.15) is 44.2 Å². The molecule has 5 heteroatoms. The zero-order chi connectivity index (χ0) is 21.4. The fourth-order valence-corrected chi connectivity index (χ4v) is 3.03. The maximum atomic E-state index is 12.9. The third kappa shape index (κ3) is 7.63. The molecule has 0 aliphatic rings. The summed E-state index contributed by atoms with van der Waals surface area (Å²) < 4.78 is 5.60. The SMILES string of the molecule is C#CC(=O)CC(CN(Cc1ccccc1)C(=O)OC(C)(C)C)c1ccc(Cl)cc1. The van der Waals surface area contributed by atoms with E-state index in [1.54, 1.807) is 17.0 Å². The minimum atomic E-state index is -0.629. The molecule has 0 aromatic heterocycles. The Balaban J connectivity index is 2.31. The van der Waals surface area contributed by atoms with Crippen molar-refractivity contribution in [3.05, 3.63) is 70.7 Å². The molecule has 1 unspecified atom stereocenters. The quantitative estimate of drug-likeness (QED) is 0.449. The highest BCUT2D eigenvalue weighted by molar-refractivity contribution is 6.30. The van der Waals surface area contributed by atoms with Gasteiger partial charge >= 0.3 is 6.09 Å². The number of ether oxygens (including phenoxy) is 1. The number of halogens is 1. The number of terminal acetylenes is 1. The lowest BCUT2D eigenvalue weighted by molar-refractivity contribution is -0.114. The Morgan fingerprint density at radius 2 is 1.72 bits per heavy atom. The molecule has 0 saturated heterocycles. The van der Waals surface area contributed by atoms with Crippen molar-refractivity contribution in [2.75, 3.05) is 6.54 Å². The molecule has 2 aromatic rings. The van der Waals surface area contributed by atoms with Gasteiger partial charge in [-0.2, -0.15) is 0 Å². The van der Waals surface area contributed by atoms with E-state index in [0.717, 1.165) is 11.1 Å². The number of carbonyl (C=O) groups excluding carboxylic acids is 2. The van der Waals surface area contributed by atoms with Crippen molar-refractivity contribution in [3.63, 3.8) is 0 Å². The standard InChI is InChI=1S/C24H26ClNO3/c1-5-22(27)15-20(19-11-13-21(25)14-12-19)17-26(23(28)29-24(2,3)4)16-18-9-7-6-8-10-18/h1,6-14,20H,15-17H2,2-4H3. The minimum Gasteiger partial charge on any atom is -0.444 e. The molecule has 0 fully saturated rings. The van der Waals surface area contributed by atoms with Gasteiger partial charge in [0.2, 0.25) is 5.78 Å². The normalized spacial score (nSPS) is 12.0. The van der Waals surface area contributed by atoms with Crippen LogP contribution >= 0.6 is 11.6 Å². The number of hydrogen-bond donors (Lipinski definition) is 0. The Morgan fingerprint density at radius 1 is 1.10 bits per heavy atom. The molecule has 1 atom stereocenters. The fourth-order valence-electron chi connectivity index (χ4n) is 2.91. The molecule has 0 N–H and O–H groups in total. The van der Waals surface area contributed by atoms with Crippen molar-refractivity contribution < 1.29 is 14.3 Å². The number of Topliss-reactive ketones (excluding diaryl/α,β-unsaturated/α-hetero) is 1. The van der Waals surface area contributed by atoms with E-state index in [2.05, 4.69) is 5.92 Å². The van der Waals surface area contributed by atoms with Crippen LogP contribution in [0.15, 0.2) is 54.6 Å². The summed E-state index contributed by atoms with van der Waals surface area (Å²) in [5.74, 6) is 1.58. The number of hydrogen-bond acceptors (Lipinski definition) is 3. The monoisotopic (exact) mass is 411 g/mol. The van der Waals surface area contributed by atoms with Crippen molar-refractivity contribution in [2.45, 2.75) is 45.3 Å². The first-order valence-electron chi connectivity index (χ1n) is 9.44. The van der Waals surface area contributed by atoms with E-state index >= 15 is 0 Å². The molecular formula is C24H26ClNO3. The summed E-state index contributed by atoms with van der Waals surface area (Å²) in [5.41, 5.74) is 1.23. The second-order valence-corrected chi connectivity index (χ2v) is 8.30. The smallest absolute Gasteiger partial charge is 0.410 e. The topological polar surface area (TPSA) is 46.6 Å². The van der Waals surface area contributed by atoms with Gasteiger partial charge in [-0.1, -0.05) is 54.1 Å². The molecule has 2 aromatic carbocycles. The van der Waals surface area contributed by atoms with E-state index in [9.17, 15) is 9.59 Å². The van der Waals surface area contributed by atoms with Gasteiger partial charge in [-0.25, -0.2) is 4.79 Å². The largest absolute Gasteiger partial charge is 0.444 e. The molecule has 1 amide bonds. The van der Waals surface area contributed by atoms with Gasteiger partial charge < -0.3 is 9.64 Å². The van der Waals surface area contributed by atoms with Crippen molar-refractivity contribution >= 4 is 23.5 Å². The van der Waals surface area contributed by atoms with Crippen LogP contribution in [0.3, 0.4) is 0 Å². The maximum Gasteiger partial charge on any atom is 0.410 e. The molecule has 0 spiro atoms. The molecule has 0 bridgehead atoms. The van der Waals surface area contributed by atoms with Crippen LogP contribution in [0, 0.1) is 12.3 Å². The molecular weight excluding hydrogens is 386 g/mol. The van der Waals surface area contributed by atoms with E-state index in [-0.39, 0.29) is 18.1 Å². The van der Waals surface area contributed by atoms with E-state index in [1.165, 1.54) is 0 Å². The van der Waals surface area contributed by atoms with E-state index in [0.29, 0.717) is 18.1 Å². The van der Waals surface area contributed by atoms with Gasteiger partial charge in [-0.3, -0.25) is 4.79 Å². The van der Waals surface area contributed by atoms with Gasteiger partial charge in [0.05, 0.1) is 0 Å². The number of ketones is 1. The maximum absolute atomic E-state index is 12.9. The number of benzene rings is 2. The summed E-state index contributed by atoms with van der Waals surface area (Å²) in [7, 11) is 0. The Kier molecular flexibility index (Phi) is 7.87. The average molecular weight is 412 g/mol. The van der Waals surface area contributed by atoms with Crippen molar-refractivity contribution in [1.29, 1.82) is 0 Å². The lowest BCUT2D eigenvalue weighted by Gasteiger charge is -2.30. The third-order valence-corrected chi connectivity index (χ3v) is 4.49. The summed E-state index contributed by atoms with van der Waals surface area (Å²) >= 11 is 6.00. The molecule has 0 aliphatic carbocycles.